The minimum absolute atomic E-state index is 0.0162. The van der Waals surface area contributed by atoms with Crippen LogP contribution in [-0.2, 0) is 14.0 Å². The molecule has 1 aliphatic rings. The average molecular weight is 211 g/mol. The van der Waals surface area contributed by atoms with E-state index in [9.17, 15) is 8.42 Å². The Morgan fingerprint density at radius 1 is 1.67 bits per heavy atom. The first-order valence-electron chi connectivity index (χ1n) is 3.25. The number of hydrogen-bond donors (Lipinski definition) is 0. The molecule has 0 aliphatic carbocycles. The Morgan fingerprint density at radius 2 is 2.33 bits per heavy atom. The van der Waals surface area contributed by atoms with E-state index in [0.29, 0.717) is 0 Å². The smallest absolute Gasteiger partial charge is 0.299 e. The highest BCUT2D eigenvalue weighted by Gasteiger charge is 2.27. The van der Waals surface area contributed by atoms with Gasteiger partial charge in [-0.05, 0) is 0 Å². The Balaban J connectivity index is 2.66. The van der Waals surface area contributed by atoms with Gasteiger partial charge in [-0.1, -0.05) is 0 Å². The Bertz CT molecular complexity index is 296. The molecule has 1 atom stereocenters. The average Bonchev–Trinajstić information content (AvgIpc) is 2.03. The molecule has 7 heteroatoms. The lowest BCUT2D eigenvalue weighted by Gasteiger charge is -2.26. The van der Waals surface area contributed by atoms with Crippen molar-refractivity contribution in [2.24, 2.45) is 0 Å². The van der Waals surface area contributed by atoms with Gasteiger partial charge in [0.25, 0.3) is 9.24 Å². The van der Waals surface area contributed by atoms with Gasteiger partial charge in [-0.2, -0.15) is 18.0 Å². The number of morpholine rings is 1. The minimum Gasteiger partial charge on any atom is -0.361 e. The van der Waals surface area contributed by atoms with Gasteiger partial charge in [-0.3, -0.25) is 0 Å². The lowest BCUT2D eigenvalue weighted by molar-refractivity contribution is 0.0319. The van der Waals surface area contributed by atoms with Crippen molar-refractivity contribution < 1.29 is 13.2 Å². The largest absolute Gasteiger partial charge is 0.361 e. The number of rotatable bonds is 1. The summed E-state index contributed by atoms with van der Waals surface area (Å²) in [5, 5.41) is 8.43. The first-order chi connectivity index (χ1) is 5.54. The molecular formula is C5H7ClN2O3S. The molecule has 0 radical (unpaired) electrons. The van der Waals surface area contributed by atoms with E-state index in [0.717, 1.165) is 4.31 Å². The summed E-state index contributed by atoms with van der Waals surface area (Å²) in [6, 6.07) is 1.82. The number of ether oxygens (including phenoxy) is 1. The second-order valence-electron chi connectivity index (χ2n) is 2.29. The minimum atomic E-state index is -3.69. The monoisotopic (exact) mass is 210 g/mol. The maximum absolute atomic E-state index is 10.8. The molecule has 0 amide bonds. The van der Waals surface area contributed by atoms with Gasteiger partial charge in [0.1, 0.15) is 0 Å². The van der Waals surface area contributed by atoms with Gasteiger partial charge < -0.3 is 4.74 Å². The highest BCUT2D eigenvalue weighted by Crippen LogP contribution is 2.12. The van der Waals surface area contributed by atoms with E-state index in [1.807, 2.05) is 6.07 Å². The molecule has 12 heavy (non-hydrogen) atoms. The second kappa shape index (κ2) is 3.58. The molecule has 0 bridgehead atoms. The van der Waals surface area contributed by atoms with Gasteiger partial charge >= 0.3 is 0 Å². The highest BCUT2D eigenvalue weighted by molar-refractivity contribution is 8.11. The van der Waals surface area contributed by atoms with Crippen molar-refractivity contribution in [3.05, 3.63) is 0 Å². The molecule has 0 spiro atoms. The van der Waals surface area contributed by atoms with Gasteiger partial charge in [0.15, 0.2) is 6.10 Å². The molecule has 0 aromatic heterocycles. The molecule has 1 rings (SSSR count). The van der Waals surface area contributed by atoms with Crippen LogP contribution in [0.2, 0.25) is 0 Å². The van der Waals surface area contributed by atoms with E-state index < -0.39 is 15.3 Å². The van der Waals surface area contributed by atoms with Crippen LogP contribution in [0.15, 0.2) is 0 Å². The van der Waals surface area contributed by atoms with Crippen molar-refractivity contribution in [2.45, 2.75) is 6.10 Å². The van der Waals surface area contributed by atoms with Crippen LogP contribution >= 0.6 is 10.7 Å². The Labute approximate surface area is 75.0 Å². The SMILES string of the molecule is N#C[C@H]1CN(S(=O)(=O)Cl)CCO1. The molecule has 0 N–H and O–H groups in total. The maximum Gasteiger partial charge on any atom is 0.299 e. The van der Waals surface area contributed by atoms with Crippen LogP contribution in [0.1, 0.15) is 0 Å². The standard InChI is InChI=1S/C5H7ClN2O3S/c6-12(9,10)8-1-2-11-5(3-7)4-8/h5H,1-2,4H2/t5-/m0/s1. The molecule has 0 aromatic carbocycles. The van der Waals surface area contributed by atoms with E-state index >= 15 is 0 Å². The van der Waals surface area contributed by atoms with Crippen LogP contribution < -0.4 is 0 Å². The molecule has 0 unspecified atom stereocenters. The van der Waals surface area contributed by atoms with Crippen molar-refractivity contribution in [3.8, 4) is 6.07 Å². The fraction of sp³-hybridized carbons (Fsp3) is 0.800. The summed E-state index contributed by atoms with van der Waals surface area (Å²) in [5.74, 6) is 0. The van der Waals surface area contributed by atoms with E-state index in [4.69, 9.17) is 20.7 Å². The number of nitriles is 1. The summed E-state index contributed by atoms with van der Waals surface area (Å²) in [7, 11) is 1.37. The zero-order valence-corrected chi connectivity index (χ0v) is 7.68. The number of hydrogen-bond acceptors (Lipinski definition) is 4. The van der Waals surface area contributed by atoms with Crippen molar-refractivity contribution in [1.29, 1.82) is 5.26 Å². The number of nitrogens with zero attached hydrogens (tertiary/aromatic N) is 2. The van der Waals surface area contributed by atoms with Crippen molar-refractivity contribution in [3.63, 3.8) is 0 Å². The van der Waals surface area contributed by atoms with Crippen molar-refractivity contribution >= 4 is 19.9 Å². The summed E-state index contributed by atoms with van der Waals surface area (Å²) in [6.07, 6.45) is -0.702. The first-order valence-corrected chi connectivity index (χ1v) is 5.51. The summed E-state index contributed by atoms with van der Waals surface area (Å²) in [6.45, 7) is 0.441. The van der Waals surface area contributed by atoms with Crippen LogP contribution in [-0.4, -0.2) is 38.5 Å². The normalized spacial score (nSPS) is 26.5. The topological polar surface area (TPSA) is 70.4 Å². The van der Waals surface area contributed by atoms with Crippen molar-refractivity contribution in [2.75, 3.05) is 19.7 Å². The maximum atomic E-state index is 10.8. The molecular weight excluding hydrogens is 204 g/mol. The van der Waals surface area contributed by atoms with Gasteiger partial charge in [0.2, 0.25) is 0 Å². The zero-order valence-electron chi connectivity index (χ0n) is 6.10. The predicted molar refractivity (Wildman–Crippen MR) is 41.7 cm³/mol. The summed E-state index contributed by atoms with van der Waals surface area (Å²) < 4.78 is 27.5. The van der Waals surface area contributed by atoms with Crippen LogP contribution in [0, 0.1) is 11.3 Å². The summed E-state index contributed by atoms with van der Waals surface area (Å²) in [4.78, 5) is 0. The molecule has 1 saturated heterocycles. The fourth-order valence-corrected chi connectivity index (χ4v) is 1.88. The molecule has 1 fully saturated rings. The van der Waals surface area contributed by atoms with Crippen molar-refractivity contribution in [1.82, 2.24) is 4.31 Å². The Kier molecular flexibility index (Phi) is 2.90. The van der Waals surface area contributed by atoms with E-state index in [1.54, 1.807) is 0 Å². The molecule has 1 heterocycles. The Morgan fingerprint density at radius 3 is 2.83 bits per heavy atom. The van der Waals surface area contributed by atoms with E-state index in [1.165, 1.54) is 0 Å². The fourth-order valence-electron chi connectivity index (χ4n) is 0.902. The molecule has 5 nitrogen and oxygen atoms in total. The third-order valence-corrected chi connectivity index (χ3v) is 3.02. The lowest BCUT2D eigenvalue weighted by Crippen LogP contribution is -2.43. The third-order valence-electron chi connectivity index (χ3n) is 1.48. The van der Waals surface area contributed by atoms with Gasteiger partial charge in [0, 0.05) is 17.2 Å². The van der Waals surface area contributed by atoms with Crippen LogP contribution in [0.25, 0.3) is 0 Å². The summed E-state index contributed by atoms with van der Waals surface area (Å²) >= 11 is 0. The molecule has 0 aromatic rings. The first kappa shape index (κ1) is 9.74. The highest BCUT2D eigenvalue weighted by atomic mass is 35.7. The third kappa shape index (κ3) is 2.32. The lowest BCUT2D eigenvalue weighted by atomic mass is 10.3. The quantitative estimate of drug-likeness (QED) is 0.557. The van der Waals surface area contributed by atoms with Gasteiger partial charge in [-0.15, -0.1) is 0 Å². The van der Waals surface area contributed by atoms with E-state index in [2.05, 4.69) is 0 Å². The van der Waals surface area contributed by atoms with Crippen LogP contribution in [0.3, 0.4) is 0 Å². The van der Waals surface area contributed by atoms with E-state index in [-0.39, 0.29) is 19.7 Å². The molecule has 1 aliphatic heterocycles. The second-order valence-corrected chi connectivity index (χ2v) is 4.80. The van der Waals surface area contributed by atoms with Gasteiger partial charge in [-0.25, -0.2) is 0 Å². The predicted octanol–water partition coefficient (Wildman–Crippen LogP) is -0.306. The zero-order chi connectivity index (χ0) is 9.19. The van der Waals surface area contributed by atoms with Gasteiger partial charge in [0.05, 0.1) is 19.2 Å². The number of halogens is 1. The summed E-state index contributed by atoms with van der Waals surface area (Å²) in [5.41, 5.74) is 0. The van der Waals surface area contributed by atoms with Crippen LogP contribution in [0.5, 0.6) is 0 Å². The molecule has 0 saturated carbocycles. The Hall–Kier alpha value is -0.350. The van der Waals surface area contributed by atoms with Crippen LogP contribution in [0.4, 0.5) is 0 Å². The molecule has 68 valence electrons.